The van der Waals surface area contributed by atoms with E-state index in [-0.39, 0.29) is 0 Å². The third-order valence-corrected chi connectivity index (χ3v) is 5.33. The highest BCUT2D eigenvalue weighted by molar-refractivity contribution is 5.41. The Labute approximate surface area is 154 Å². The Morgan fingerprint density at radius 3 is 2.62 bits per heavy atom. The van der Waals surface area contributed by atoms with Gasteiger partial charge in [0.1, 0.15) is 6.33 Å². The Hall–Kier alpha value is -2.22. The number of nitrogens with two attached hydrogens (primary N) is 1. The molecule has 0 atom stereocenters. The molecule has 0 bridgehead atoms. The molecular weight excluding hydrogens is 328 g/mol. The summed E-state index contributed by atoms with van der Waals surface area (Å²) in [6.45, 7) is 7.69. The molecule has 8 nitrogen and oxygen atoms in total. The van der Waals surface area contributed by atoms with Gasteiger partial charge in [0.15, 0.2) is 0 Å². The summed E-state index contributed by atoms with van der Waals surface area (Å²) < 4.78 is 1.99. The molecule has 0 radical (unpaired) electrons. The third-order valence-electron chi connectivity index (χ3n) is 5.33. The van der Waals surface area contributed by atoms with E-state index in [1.165, 1.54) is 18.4 Å². The summed E-state index contributed by atoms with van der Waals surface area (Å²) >= 11 is 0. The Kier molecular flexibility index (Phi) is 4.76. The van der Waals surface area contributed by atoms with Crippen LogP contribution in [0.3, 0.4) is 0 Å². The van der Waals surface area contributed by atoms with E-state index in [1.807, 2.05) is 4.68 Å². The first-order chi connectivity index (χ1) is 12.6. The predicted octanol–water partition coefficient (Wildman–Crippen LogP) is 1.49. The highest BCUT2D eigenvalue weighted by Crippen LogP contribution is 2.32. The minimum absolute atomic E-state index is 0.300. The molecule has 1 saturated heterocycles. The Morgan fingerprint density at radius 2 is 1.96 bits per heavy atom. The van der Waals surface area contributed by atoms with Gasteiger partial charge >= 0.3 is 0 Å². The van der Waals surface area contributed by atoms with E-state index in [4.69, 9.17) is 10.7 Å². The van der Waals surface area contributed by atoms with Crippen molar-refractivity contribution in [2.24, 2.45) is 5.73 Å². The zero-order valence-corrected chi connectivity index (χ0v) is 15.7. The van der Waals surface area contributed by atoms with Crippen LogP contribution in [-0.4, -0.2) is 49.9 Å². The van der Waals surface area contributed by atoms with Crippen LogP contribution in [-0.2, 0) is 13.1 Å². The lowest BCUT2D eigenvalue weighted by atomic mass is 10.1. The van der Waals surface area contributed by atoms with Gasteiger partial charge in [-0.05, 0) is 39.5 Å². The predicted molar refractivity (Wildman–Crippen MR) is 101 cm³/mol. The molecule has 1 saturated carbocycles. The number of anilines is 2. The number of aryl methyl sites for hydroxylation is 2. The summed E-state index contributed by atoms with van der Waals surface area (Å²) in [6.07, 6.45) is 8.15. The van der Waals surface area contributed by atoms with Crippen LogP contribution in [0.5, 0.6) is 0 Å². The zero-order valence-electron chi connectivity index (χ0n) is 15.7. The highest BCUT2D eigenvalue weighted by atomic mass is 15.4. The molecule has 4 rings (SSSR count). The van der Waals surface area contributed by atoms with Crippen LogP contribution in [0.25, 0.3) is 0 Å². The summed E-state index contributed by atoms with van der Waals surface area (Å²) in [7, 11) is 0. The van der Waals surface area contributed by atoms with Crippen molar-refractivity contribution >= 4 is 11.9 Å². The zero-order chi connectivity index (χ0) is 18.1. The van der Waals surface area contributed by atoms with Gasteiger partial charge in [-0.1, -0.05) is 0 Å². The number of aromatic nitrogens is 5. The summed E-state index contributed by atoms with van der Waals surface area (Å²) in [5.41, 5.74) is 8.34. The van der Waals surface area contributed by atoms with Crippen molar-refractivity contribution in [2.45, 2.75) is 64.7 Å². The molecule has 2 aromatic heterocycles. The van der Waals surface area contributed by atoms with Gasteiger partial charge in [-0.3, -0.25) is 4.68 Å². The van der Waals surface area contributed by atoms with E-state index in [2.05, 4.69) is 44.9 Å². The monoisotopic (exact) mass is 356 g/mol. The SMILES string of the molecule is CCn1cc(CN(c2ncnc(N3CCC(N)CC3)n2)C2CC2)c(C)n1. The number of nitrogens with zero attached hydrogens (tertiary/aromatic N) is 7. The average Bonchev–Trinajstić information content (AvgIpc) is 3.43. The Balaban J connectivity index is 1.55. The summed E-state index contributed by atoms with van der Waals surface area (Å²) in [4.78, 5) is 18.2. The van der Waals surface area contributed by atoms with E-state index < -0.39 is 0 Å². The van der Waals surface area contributed by atoms with E-state index in [1.54, 1.807) is 6.33 Å². The first kappa shape index (κ1) is 17.2. The quantitative estimate of drug-likeness (QED) is 0.839. The lowest BCUT2D eigenvalue weighted by Crippen LogP contribution is -2.40. The molecular formula is C18H28N8. The van der Waals surface area contributed by atoms with Crippen molar-refractivity contribution in [1.82, 2.24) is 24.7 Å². The normalized spacial score (nSPS) is 18.3. The van der Waals surface area contributed by atoms with Gasteiger partial charge in [-0.15, -0.1) is 0 Å². The maximum atomic E-state index is 6.02. The topological polar surface area (TPSA) is 89.0 Å². The van der Waals surface area contributed by atoms with Gasteiger partial charge in [-0.2, -0.15) is 10.1 Å². The molecule has 0 amide bonds. The lowest BCUT2D eigenvalue weighted by molar-refractivity contribution is 0.495. The molecule has 2 N–H and O–H groups in total. The summed E-state index contributed by atoms with van der Waals surface area (Å²) in [6, 6.07) is 0.818. The van der Waals surface area contributed by atoms with Crippen molar-refractivity contribution < 1.29 is 0 Å². The summed E-state index contributed by atoms with van der Waals surface area (Å²) in [5, 5.41) is 4.57. The number of hydrogen-bond donors (Lipinski definition) is 1. The second-order valence-corrected chi connectivity index (χ2v) is 7.36. The molecule has 26 heavy (non-hydrogen) atoms. The van der Waals surface area contributed by atoms with Crippen molar-refractivity contribution in [3.05, 3.63) is 23.8 Å². The molecule has 3 heterocycles. The smallest absolute Gasteiger partial charge is 0.230 e. The fourth-order valence-electron chi connectivity index (χ4n) is 3.48. The van der Waals surface area contributed by atoms with Crippen LogP contribution in [0.4, 0.5) is 11.9 Å². The minimum Gasteiger partial charge on any atom is -0.341 e. The summed E-state index contributed by atoms with van der Waals surface area (Å²) in [5.74, 6) is 1.55. The van der Waals surface area contributed by atoms with E-state index in [0.717, 1.165) is 56.6 Å². The Bertz CT molecular complexity index is 745. The molecule has 2 fully saturated rings. The van der Waals surface area contributed by atoms with Crippen LogP contribution < -0.4 is 15.5 Å². The number of piperidine rings is 1. The first-order valence-corrected chi connectivity index (χ1v) is 9.63. The number of hydrogen-bond acceptors (Lipinski definition) is 7. The maximum Gasteiger partial charge on any atom is 0.230 e. The standard InChI is InChI=1S/C18H28N8/c1-3-25-10-14(13(2)23-25)11-26(16-4-5-16)18-21-12-20-17(22-18)24-8-6-15(19)7-9-24/h10,12,15-16H,3-9,11,19H2,1-2H3. The van der Waals surface area contributed by atoms with Crippen LogP contribution in [0.1, 0.15) is 43.9 Å². The molecule has 1 aliphatic heterocycles. The van der Waals surface area contributed by atoms with Gasteiger partial charge in [-0.25, -0.2) is 9.97 Å². The van der Waals surface area contributed by atoms with E-state index >= 15 is 0 Å². The van der Waals surface area contributed by atoms with Gasteiger partial charge in [0.25, 0.3) is 0 Å². The second kappa shape index (κ2) is 7.19. The molecule has 2 aromatic rings. The molecule has 1 aliphatic carbocycles. The third kappa shape index (κ3) is 3.65. The largest absolute Gasteiger partial charge is 0.341 e. The van der Waals surface area contributed by atoms with Crippen LogP contribution in [0.15, 0.2) is 12.5 Å². The fraction of sp³-hybridized carbons (Fsp3) is 0.667. The lowest BCUT2D eigenvalue weighted by Gasteiger charge is -2.30. The van der Waals surface area contributed by atoms with E-state index in [9.17, 15) is 0 Å². The van der Waals surface area contributed by atoms with Crippen molar-refractivity contribution in [3.63, 3.8) is 0 Å². The van der Waals surface area contributed by atoms with Gasteiger partial charge in [0.2, 0.25) is 11.9 Å². The molecule has 0 unspecified atom stereocenters. The molecule has 140 valence electrons. The first-order valence-electron chi connectivity index (χ1n) is 9.63. The van der Waals surface area contributed by atoms with Crippen molar-refractivity contribution in [3.8, 4) is 0 Å². The van der Waals surface area contributed by atoms with Crippen LogP contribution >= 0.6 is 0 Å². The van der Waals surface area contributed by atoms with Gasteiger partial charge < -0.3 is 15.5 Å². The highest BCUT2D eigenvalue weighted by Gasteiger charge is 2.32. The van der Waals surface area contributed by atoms with Crippen LogP contribution in [0.2, 0.25) is 0 Å². The number of rotatable bonds is 6. The van der Waals surface area contributed by atoms with Crippen molar-refractivity contribution in [1.29, 1.82) is 0 Å². The average molecular weight is 356 g/mol. The van der Waals surface area contributed by atoms with E-state index in [0.29, 0.717) is 12.1 Å². The van der Waals surface area contributed by atoms with Crippen molar-refractivity contribution in [2.75, 3.05) is 22.9 Å². The van der Waals surface area contributed by atoms with Gasteiger partial charge in [0, 0.05) is 50.0 Å². The second-order valence-electron chi connectivity index (χ2n) is 7.36. The molecule has 0 spiro atoms. The Morgan fingerprint density at radius 1 is 1.19 bits per heavy atom. The minimum atomic E-state index is 0.300. The maximum absolute atomic E-state index is 6.02. The molecule has 0 aromatic carbocycles. The molecule has 2 aliphatic rings. The fourth-order valence-corrected chi connectivity index (χ4v) is 3.48. The van der Waals surface area contributed by atoms with Gasteiger partial charge in [0.05, 0.1) is 5.69 Å². The van der Waals surface area contributed by atoms with Crippen LogP contribution in [0, 0.1) is 6.92 Å². The molecule has 8 heteroatoms.